The molecule has 2 N–H and O–H groups in total. The fraction of sp³-hybridized carbons (Fsp3) is 0.400. The van der Waals surface area contributed by atoms with Crippen LogP contribution >= 0.6 is 0 Å². The van der Waals surface area contributed by atoms with E-state index in [0.29, 0.717) is 11.3 Å². The summed E-state index contributed by atoms with van der Waals surface area (Å²) >= 11 is 0. The lowest BCUT2D eigenvalue weighted by Crippen LogP contribution is -2.41. The predicted molar refractivity (Wildman–Crippen MR) is 77.6 cm³/mol. The summed E-state index contributed by atoms with van der Waals surface area (Å²) < 4.78 is 5.16. The van der Waals surface area contributed by atoms with E-state index >= 15 is 0 Å². The number of nitrogens with one attached hydrogen (secondary N) is 1. The third-order valence-electron chi connectivity index (χ3n) is 2.75. The molecule has 0 aromatic carbocycles. The van der Waals surface area contributed by atoms with E-state index in [1.165, 1.54) is 6.92 Å². The Kier molecular flexibility index (Phi) is 4.09. The Labute approximate surface area is 123 Å². The second kappa shape index (κ2) is 5.65. The minimum absolute atomic E-state index is 0.149. The molecule has 0 saturated carbocycles. The van der Waals surface area contributed by atoms with E-state index < -0.39 is 11.6 Å². The predicted octanol–water partition coefficient (Wildman–Crippen LogP) is 2.32. The summed E-state index contributed by atoms with van der Waals surface area (Å²) in [7, 11) is 0. The Hall–Kier alpha value is -2.21. The largest absolute Gasteiger partial charge is 0.385 e. The van der Waals surface area contributed by atoms with Crippen LogP contribution in [0, 0.1) is 0 Å². The number of rotatable bonds is 3. The highest BCUT2D eigenvalue weighted by atomic mass is 16.5. The summed E-state index contributed by atoms with van der Waals surface area (Å²) in [5.74, 6) is -0.186. The lowest BCUT2D eigenvalue weighted by molar-refractivity contribution is 0.0907. The Morgan fingerprint density at radius 3 is 2.67 bits per heavy atom. The molecule has 0 aliphatic carbocycles. The topological polar surface area (TPSA) is 88.2 Å². The van der Waals surface area contributed by atoms with E-state index in [0.717, 1.165) is 0 Å². The van der Waals surface area contributed by atoms with Gasteiger partial charge in [0.05, 0.1) is 0 Å². The fourth-order valence-corrected chi connectivity index (χ4v) is 1.91. The number of aliphatic hydroxyl groups is 1. The van der Waals surface area contributed by atoms with Crippen LogP contribution in [-0.2, 0) is 0 Å². The molecule has 0 spiro atoms. The summed E-state index contributed by atoms with van der Waals surface area (Å²) in [6, 6.07) is 3.53. The molecule has 0 fully saturated rings. The van der Waals surface area contributed by atoms with Gasteiger partial charge in [0.2, 0.25) is 0 Å². The summed E-state index contributed by atoms with van der Waals surface area (Å²) in [5.41, 5.74) is 0.872. The molecule has 6 heteroatoms. The van der Waals surface area contributed by atoms with Crippen molar-refractivity contribution >= 4 is 5.91 Å². The molecular weight excluding hydrogens is 270 g/mol. The van der Waals surface area contributed by atoms with Crippen LogP contribution < -0.4 is 5.32 Å². The number of carbonyl (C=O) groups is 1. The lowest BCUT2D eigenvalue weighted by Gasteiger charge is -2.20. The van der Waals surface area contributed by atoms with E-state index in [2.05, 4.69) is 15.5 Å². The van der Waals surface area contributed by atoms with Gasteiger partial charge in [0.15, 0.2) is 5.76 Å². The number of aliphatic hydroxyl groups excluding tert-OH is 1. The van der Waals surface area contributed by atoms with Gasteiger partial charge in [0, 0.05) is 23.5 Å². The smallest absolute Gasteiger partial charge is 0.257 e. The van der Waals surface area contributed by atoms with Gasteiger partial charge in [-0.25, -0.2) is 0 Å². The number of nitrogens with zero attached hydrogens (tertiary/aromatic N) is 2. The maximum atomic E-state index is 12.5. The monoisotopic (exact) mass is 289 g/mol. The highest BCUT2D eigenvalue weighted by Gasteiger charge is 2.28. The van der Waals surface area contributed by atoms with E-state index in [-0.39, 0.29) is 17.2 Å². The molecule has 2 aromatic heterocycles. The van der Waals surface area contributed by atoms with Crippen LogP contribution in [0.25, 0.3) is 11.3 Å². The molecule has 1 atom stereocenters. The first-order chi connectivity index (χ1) is 9.79. The van der Waals surface area contributed by atoms with Gasteiger partial charge in [-0.05, 0) is 39.8 Å². The van der Waals surface area contributed by atoms with Crippen molar-refractivity contribution in [2.24, 2.45) is 0 Å². The molecule has 0 aliphatic rings. The fourth-order valence-electron chi connectivity index (χ4n) is 1.91. The summed E-state index contributed by atoms with van der Waals surface area (Å²) in [5, 5.41) is 16.6. The standard InChI is InChI=1S/C15H19N3O3/c1-9(19)13-11(14(20)17-15(2,3)4)12(18-21-13)10-6-5-7-16-8-10/h5-9,19H,1-4H3,(H,17,20). The molecule has 112 valence electrons. The van der Waals surface area contributed by atoms with Crippen LogP contribution in [-0.4, -0.2) is 26.7 Å². The second-order valence-corrected chi connectivity index (χ2v) is 5.89. The Morgan fingerprint density at radius 2 is 2.14 bits per heavy atom. The summed E-state index contributed by atoms with van der Waals surface area (Å²) in [6.07, 6.45) is 2.30. The van der Waals surface area contributed by atoms with Crippen molar-refractivity contribution in [3.63, 3.8) is 0 Å². The molecule has 0 saturated heterocycles. The molecule has 2 heterocycles. The number of aromatic nitrogens is 2. The van der Waals surface area contributed by atoms with Crippen LogP contribution in [0.5, 0.6) is 0 Å². The first-order valence-corrected chi connectivity index (χ1v) is 6.70. The maximum Gasteiger partial charge on any atom is 0.257 e. The van der Waals surface area contributed by atoms with Crippen LogP contribution in [0.15, 0.2) is 29.0 Å². The quantitative estimate of drug-likeness (QED) is 0.905. The second-order valence-electron chi connectivity index (χ2n) is 5.89. The molecule has 6 nitrogen and oxygen atoms in total. The molecule has 2 rings (SSSR count). The van der Waals surface area contributed by atoms with E-state index in [1.54, 1.807) is 24.5 Å². The van der Waals surface area contributed by atoms with Crippen molar-refractivity contribution in [1.82, 2.24) is 15.5 Å². The van der Waals surface area contributed by atoms with Crippen molar-refractivity contribution in [3.8, 4) is 11.3 Å². The summed E-state index contributed by atoms with van der Waals surface area (Å²) in [4.78, 5) is 16.5. The van der Waals surface area contributed by atoms with Crippen molar-refractivity contribution in [2.45, 2.75) is 39.3 Å². The Bertz CT molecular complexity index is 627. The molecule has 0 aliphatic heterocycles. The summed E-state index contributed by atoms with van der Waals surface area (Å²) in [6.45, 7) is 7.17. The van der Waals surface area contributed by atoms with Crippen molar-refractivity contribution in [3.05, 3.63) is 35.9 Å². The number of hydrogen-bond acceptors (Lipinski definition) is 5. The minimum Gasteiger partial charge on any atom is -0.385 e. The van der Waals surface area contributed by atoms with Gasteiger partial charge >= 0.3 is 0 Å². The van der Waals surface area contributed by atoms with Crippen LogP contribution in [0.4, 0.5) is 0 Å². The molecule has 1 unspecified atom stereocenters. The zero-order valence-electron chi connectivity index (χ0n) is 12.5. The highest BCUT2D eigenvalue weighted by molar-refractivity contribution is 6.01. The number of amides is 1. The van der Waals surface area contributed by atoms with Gasteiger partial charge in [-0.2, -0.15) is 0 Å². The van der Waals surface area contributed by atoms with Gasteiger partial charge in [-0.3, -0.25) is 9.78 Å². The SMILES string of the molecule is CC(O)c1onc(-c2cccnc2)c1C(=O)NC(C)(C)C. The molecule has 1 amide bonds. The third kappa shape index (κ3) is 3.46. The molecule has 2 aromatic rings. The van der Waals surface area contributed by atoms with Crippen LogP contribution in [0.1, 0.15) is 49.9 Å². The first kappa shape index (κ1) is 15.2. The van der Waals surface area contributed by atoms with Gasteiger partial charge in [-0.15, -0.1) is 0 Å². The number of carbonyl (C=O) groups excluding carboxylic acids is 1. The van der Waals surface area contributed by atoms with Gasteiger partial charge in [0.25, 0.3) is 5.91 Å². The molecule has 21 heavy (non-hydrogen) atoms. The molecule has 0 radical (unpaired) electrons. The average molecular weight is 289 g/mol. The number of hydrogen-bond donors (Lipinski definition) is 2. The Balaban J connectivity index is 2.51. The third-order valence-corrected chi connectivity index (χ3v) is 2.75. The molecular formula is C15H19N3O3. The Morgan fingerprint density at radius 1 is 1.43 bits per heavy atom. The zero-order chi connectivity index (χ0) is 15.6. The van der Waals surface area contributed by atoms with Crippen molar-refractivity contribution in [2.75, 3.05) is 0 Å². The van der Waals surface area contributed by atoms with Gasteiger partial charge < -0.3 is 14.9 Å². The van der Waals surface area contributed by atoms with Gasteiger partial charge in [-0.1, -0.05) is 5.16 Å². The molecule has 0 bridgehead atoms. The van der Waals surface area contributed by atoms with Crippen molar-refractivity contribution < 1.29 is 14.4 Å². The van der Waals surface area contributed by atoms with E-state index in [9.17, 15) is 9.90 Å². The first-order valence-electron chi connectivity index (χ1n) is 6.70. The van der Waals surface area contributed by atoms with Crippen LogP contribution in [0.3, 0.4) is 0 Å². The zero-order valence-corrected chi connectivity index (χ0v) is 12.5. The van der Waals surface area contributed by atoms with Crippen LogP contribution in [0.2, 0.25) is 0 Å². The highest BCUT2D eigenvalue weighted by Crippen LogP contribution is 2.29. The van der Waals surface area contributed by atoms with E-state index in [4.69, 9.17) is 4.52 Å². The number of pyridine rings is 1. The average Bonchev–Trinajstić information content (AvgIpc) is 2.82. The minimum atomic E-state index is -0.927. The van der Waals surface area contributed by atoms with Gasteiger partial charge in [0.1, 0.15) is 17.4 Å². The van der Waals surface area contributed by atoms with Crippen molar-refractivity contribution in [1.29, 1.82) is 0 Å². The normalized spacial score (nSPS) is 13.0. The maximum absolute atomic E-state index is 12.5. The lowest BCUT2D eigenvalue weighted by atomic mass is 10.0. The van der Waals surface area contributed by atoms with E-state index in [1.807, 2.05) is 20.8 Å².